The van der Waals surface area contributed by atoms with E-state index >= 15 is 0 Å². The molecule has 0 saturated carbocycles. The van der Waals surface area contributed by atoms with E-state index in [9.17, 15) is 14.4 Å². The lowest BCUT2D eigenvalue weighted by Gasteiger charge is -2.07. The number of hydrogen-bond donors (Lipinski definition) is 3. The average Bonchev–Trinajstić information content (AvgIpc) is 2.40. The Morgan fingerprint density at radius 2 is 2.05 bits per heavy atom. The molecule has 0 aromatic heterocycles. The Balaban J connectivity index is 2.71. The summed E-state index contributed by atoms with van der Waals surface area (Å²) in [5, 5.41) is 11.2. The van der Waals surface area contributed by atoms with Gasteiger partial charge >= 0.3 is 12.1 Å². The van der Waals surface area contributed by atoms with Gasteiger partial charge in [0.25, 0.3) is 5.91 Å². The van der Waals surface area contributed by atoms with Crippen molar-refractivity contribution < 1.29 is 24.2 Å². The standard InChI is InChI=1S/C14H16N2O5/c1-9-6-10(2-3-12(17)18)8-11(7-9)13(19)16-4-5-21-14(15)20/h2-3,6-8H,4-5H2,1H3,(H2,15,20)(H,16,19)(H,17,18)/b3-2+. The predicted molar refractivity (Wildman–Crippen MR) is 75.7 cm³/mol. The Kier molecular flexibility index (Phi) is 5.94. The Hall–Kier alpha value is -2.83. The molecule has 0 aliphatic carbocycles. The van der Waals surface area contributed by atoms with Crippen molar-refractivity contribution in [3.63, 3.8) is 0 Å². The number of ether oxygens (including phenoxy) is 1. The average molecular weight is 292 g/mol. The van der Waals surface area contributed by atoms with Crippen LogP contribution in [0, 0.1) is 6.92 Å². The highest BCUT2D eigenvalue weighted by Gasteiger charge is 2.07. The van der Waals surface area contributed by atoms with Crippen molar-refractivity contribution in [3.05, 3.63) is 41.0 Å². The molecule has 21 heavy (non-hydrogen) atoms. The third kappa shape index (κ3) is 6.24. The van der Waals surface area contributed by atoms with Crippen LogP contribution in [0.1, 0.15) is 21.5 Å². The van der Waals surface area contributed by atoms with E-state index in [4.69, 9.17) is 10.8 Å². The molecule has 0 atom stereocenters. The number of carbonyl (C=O) groups is 3. The zero-order chi connectivity index (χ0) is 15.8. The van der Waals surface area contributed by atoms with Crippen LogP contribution < -0.4 is 11.1 Å². The van der Waals surface area contributed by atoms with Crippen LogP contribution in [-0.2, 0) is 9.53 Å². The second-order valence-corrected chi connectivity index (χ2v) is 4.23. The van der Waals surface area contributed by atoms with Crippen LogP contribution in [0.3, 0.4) is 0 Å². The summed E-state index contributed by atoms with van der Waals surface area (Å²) in [6, 6.07) is 4.99. The summed E-state index contributed by atoms with van der Waals surface area (Å²) in [5.74, 6) is -1.41. The molecule has 7 nitrogen and oxygen atoms in total. The number of aryl methyl sites for hydroxylation is 1. The second-order valence-electron chi connectivity index (χ2n) is 4.23. The number of nitrogens with one attached hydrogen (secondary N) is 1. The molecule has 1 rings (SSSR count). The fraction of sp³-hybridized carbons (Fsp3) is 0.214. The van der Waals surface area contributed by atoms with Crippen LogP contribution in [0.25, 0.3) is 6.08 Å². The summed E-state index contributed by atoms with van der Waals surface area (Å²) in [6.45, 7) is 1.92. The SMILES string of the molecule is Cc1cc(/C=C/C(=O)O)cc(C(=O)NCCOC(N)=O)c1. The van der Waals surface area contributed by atoms with Crippen molar-refractivity contribution in [2.45, 2.75) is 6.92 Å². The van der Waals surface area contributed by atoms with Crippen LogP contribution >= 0.6 is 0 Å². The lowest BCUT2D eigenvalue weighted by Crippen LogP contribution is -2.29. The number of carboxylic acid groups (broad SMARTS) is 1. The van der Waals surface area contributed by atoms with Crippen molar-refractivity contribution in [2.75, 3.05) is 13.2 Å². The van der Waals surface area contributed by atoms with Gasteiger partial charge in [-0.3, -0.25) is 4.79 Å². The van der Waals surface area contributed by atoms with Crippen molar-refractivity contribution in [1.29, 1.82) is 0 Å². The molecule has 0 radical (unpaired) electrons. The van der Waals surface area contributed by atoms with Crippen LogP contribution in [0.4, 0.5) is 4.79 Å². The molecule has 7 heteroatoms. The van der Waals surface area contributed by atoms with E-state index in [1.807, 2.05) is 0 Å². The minimum atomic E-state index is -1.06. The zero-order valence-corrected chi connectivity index (χ0v) is 11.5. The third-order valence-corrected chi connectivity index (χ3v) is 2.41. The number of aliphatic carboxylic acids is 1. The molecule has 0 bridgehead atoms. The maximum Gasteiger partial charge on any atom is 0.404 e. The minimum absolute atomic E-state index is 0.0152. The maximum atomic E-state index is 11.9. The molecule has 112 valence electrons. The van der Waals surface area contributed by atoms with Gasteiger partial charge in [0.1, 0.15) is 6.61 Å². The third-order valence-electron chi connectivity index (χ3n) is 2.41. The highest BCUT2D eigenvalue weighted by Crippen LogP contribution is 2.11. The van der Waals surface area contributed by atoms with Gasteiger partial charge in [0.15, 0.2) is 0 Å². The van der Waals surface area contributed by atoms with Crippen LogP contribution in [-0.4, -0.2) is 36.2 Å². The maximum absolute atomic E-state index is 11.9. The van der Waals surface area contributed by atoms with Crippen molar-refractivity contribution in [2.24, 2.45) is 5.73 Å². The first-order valence-electron chi connectivity index (χ1n) is 6.11. The molecule has 0 aliphatic rings. The molecular formula is C14H16N2O5. The predicted octanol–water partition coefficient (Wildman–Crippen LogP) is 0.918. The number of carboxylic acids is 1. The molecular weight excluding hydrogens is 276 g/mol. The molecule has 0 saturated heterocycles. The normalized spacial score (nSPS) is 10.3. The van der Waals surface area contributed by atoms with E-state index in [-0.39, 0.29) is 19.1 Å². The number of benzene rings is 1. The lowest BCUT2D eigenvalue weighted by molar-refractivity contribution is -0.131. The first-order valence-corrected chi connectivity index (χ1v) is 6.11. The van der Waals surface area contributed by atoms with E-state index in [1.54, 1.807) is 25.1 Å². The minimum Gasteiger partial charge on any atom is -0.478 e. The van der Waals surface area contributed by atoms with Crippen LogP contribution in [0.15, 0.2) is 24.3 Å². The molecule has 1 aromatic carbocycles. The van der Waals surface area contributed by atoms with Crippen LogP contribution in [0.2, 0.25) is 0 Å². The summed E-state index contributed by atoms with van der Waals surface area (Å²) in [7, 11) is 0. The highest BCUT2D eigenvalue weighted by molar-refractivity contribution is 5.95. The first kappa shape index (κ1) is 16.2. The molecule has 1 aromatic rings. The molecule has 0 heterocycles. The van der Waals surface area contributed by atoms with Gasteiger partial charge < -0.3 is 20.9 Å². The number of primary amides is 1. The molecule has 0 unspecified atom stereocenters. The van der Waals surface area contributed by atoms with Crippen molar-refractivity contribution in [3.8, 4) is 0 Å². The van der Waals surface area contributed by atoms with Gasteiger partial charge in [0.05, 0.1) is 6.54 Å². The Labute approximate surface area is 121 Å². The van der Waals surface area contributed by atoms with Gasteiger partial charge in [-0.15, -0.1) is 0 Å². The monoisotopic (exact) mass is 292 g/mol. The second kappa shape index (κ2) is 7.68. The fourth-order valence-electron chi connectivity index (χ4n) is 1.63. The van der Waals surface area contributed by atoms with E-state index < -0.39 is 12.1 Å². The smallest absolute Gasteiger partial charge is 0.404 e. The van der Waals surface area contributed by atoms with Crippen LogP contribution in [0.5, 0.6) is 0 Å². The number of rotatable bonds is 6. The van der Waals surface area contributed by atoms with Gasteiger partial charge in [-0.1, -0.05) is 6.07 Å². The number of nitrogens with two attached hydrogens (primary N) is 1. The topological polar surface area (TPSA) is 119 Å². The Morgan fingerprint density at radius 3 is 2.67 bits per heavy atom. The summed E-state index contributed by atoms with van der Waals surface area (Å²) < 4.78 is 4.49. The first-order chi connectivity index (χ1) is 9.88. The van der Waals surface area contributed by atoms with E-state index in [0.717, 1.165) is 11.6 Å². The van der Waals surface area contributed by atoms with Gasteiger partial charge in [-0.05, 0) is 36.3 Å². The number of carbonyl (C=O) groups excluding carboxylic acids is 2. The molecule has 0 fully saturated rings. The van der Waals surface area contributed by atoms with E-state index in [2.05, 4.69) is 10.1 Å². The van der Waals surface area contributed by atoms with Gasteiger partial charge in [0.2, 0.25) is 0 Å². The summed E-state index contributed by atoms with van der Waals surface area (Å²) in [6.07, 6.45) is 1.50. The van der Waals surface area contributed by atoms with Gasteiger partial charge in [-0.25, -0.2) is 9.59 Å². The molecule has 0 spiro atoms. The number of amides is 2. The number of hydrogen-bond acceptors (Lipinski definition) is 4. The summed E-state index contributed by atoms with van der Waals surface area (Å²) >= 11 is 0. The molecule has 2 amide bonds. The fourth-order valence-corrected chi connectivity index (χ4v) is 1.63. The van der Waals surface area contributed by atoms with Crippen molar-refractivity contribution in [1.82, 2.24) is 5.32 Å². The largest absolute Gasteiger partial charge is 0.478 e. The zero-order valence-electron chi connectivity index (χ0n) is 11.5. The lowest BCUT2D eigenvalue weighted by atomic mass is 10.1. The highest BCUT2D eigenvalue weighted by atomic mass is 16.5. The van der Waals surface area contributed by atoms with E-state index in [0.29, 0.717) is 11.1 Å². The Morgan fingerprint density at radius 1 is 1.33 bits per heavy atom. The summed E-state index contributed by atoms with van der Waals surface area (Å²) in [4.78, 5) is 32.8. The summed E-state index contributed by atoms with van der Waals surface area (Å²) in [5.41, 5.74) is 6.60. The molecule has 0 aliphatic heterocycles. The Bertz CT molecular complexity index is 581. The quantitative estimate of drug-likeness (QED) is 0.532. The van der Waals surface area contributed by atoms with E-state index in [1.165, 1.54) is 6.08 Å². The van der Waals surface area contributed by atoms with Crippen molar-refractivity contribution >= 4 is 24.0 Å². The molecule has 4 N–H and O–H groups in total. The van der Waals surface area contributed by atoms with Gasteiger partial charge in [-0.2, -0.15) is 0 Å². The van der Waals surface area contributed by atoms with Gasteiger partial charge in [0, 0.05) is 11.6 Å².